The van der Waals surface area contributed by atoms with Crippen LogP contribution >= 0.6 is 0 Å². The van der Waals surface area contributed by atoms with Gasteiger partial charge in [0.1, 0.15) is 12.4 Å². The zero-order valence-electron chi connectivity index (χ0n) is 16.6. The Morgan fingerprint density at radius 2 is 1.86 bits per heavy atom. The smallest absolute Gasteiger partial charge is 0.189 e. The highest BCUT2D eigenvalue weighted by molar-refractivity contribution is 6.11. The number of carbonyl (C=O) groups excluding carboxylic acids is 1. The number of aromatic nitrogens is 1. The lowest BCUT2D eigenvalue weighted by Gasteiger charge is -2.19. The predicted molar refractivity (Wildman–Crippen MR) is 115 cm³/mol. The van der Waals surface area contributed by atoms with Crippen molar-refractivity contribution in [3.63, 3.8) is 0 Å². The molecule has 0 radical (unpaired) electrons. The monoisotopic (exact) mass is 383 g/mol. The first kappa shape index (κ1) is 18.1. The van der Waals surface area contributed by atoms with Crippen LogP contribution in [0.15, 0.2) is 66.2 Å². The molecule has 0 aliphatic heterocycles. The first-order valence-corrected chi connectivity index (χ1v) is 10.6. The SMILES string of the molecule is O=C1C(=CC2CCCC2)CCc2ccc(OCc3ccc4ccccc4n3)cc21. The van der Waals surface area contributed by atoms with Crippen LogP contribution in [0.1, 0.15) is 53.7 Å². The Morgan fingerprint density at radius 1 is 1.00 bits per heavy atom. The maximum Gasteiger partial charge on any atom is 0.189 e. The molecule has 0 amide bonds. The fraction of sp³-hybridized carbons (Fsp3) is 0.308. The zero-order chi connectivity index (χ0) is 19.6. The molecule has 3 aromatic rings. The van der Waals surface area contributed by atoms with E-state index in [9.17, 15) is 4.79 Å². The molecule has 29 heavy (non-hydrogen) atoms. The molecule has 3 nitrogen and oxygen atoms in total. The van der Waals surface area contributed by atoms with Gasteiger partial charge in [0.2, 0.25) is 0 Å². The van der Waals surface area contributed by atoms with E-state index in [1.165, 1.54) is 25.7 Å². The van der Waals surface area contributed by atoms with E-state index in [1.54, 1.807) is 0 Å². The summed E-state index contributed by atoms with van der Waals surface area (Å²) in [5.74, 6) is 1.51. The van der Waals surface area contributed by atoms with E-state index < -0.39 is 0 Å². The van der Waals surface area contributed by atoms with Crippen molar-refractivity contribution < 1.29 is 9.53 Å². The van der Waals surface area contributed by atoms with Crippen LogP contribution in [0.3, 0.4) is 0 Å². The third-order valence-corrected chi connectivity index (χ3v) is 6.16. The fourth-order valence-corrected chi connectivity index (χ4v) is 4.54. The number of Topliss-reactive ketones (excluding diaryl/α,β-unsaturated/α-hetero) is 1. The molecule has 5 rings (SSSR count). The summed E-state index contributed by atoms with van der Waals surface area (Å²) in [7, 11) is 0. The number of ketones is 1. The number of carbonyl (C=O) groups is 1. The van der Waals surface area contributed by atoms with Crippen LogP contribution in [0.25, 0.3) is 10.9 Å². The summed E-state index contributed by atoms with van der Waals surface area (Å²) in [6, 6.07) is 18.1. The molecule has 2 aliphatic carbocycles. The normalized spacial score (nSPS) is 18.3. The van der Waals surface area contributed by atoms with E-state index in [-0.39, 0.29) is 5.78 Å². The Morgan fingerprint density at radius 3 is 2.76 bits per heavy atom. The Bertz CT molecular complexity index is 1090. The van der Waals surface area contributed by atoms with E-state index in [4.69, 9.17) is 4.74 Å². The van der Waals surface area contributed by atoms with Crippen LogP contribution in [-0.2, 0) is 13.0 Å². The van der Waals surface area contributed by atoms with Gasteiger partial charge in [-0.15, -0.1) is 0 Å². The van der Waals surface area contributed by atoms with Gasteiger partial charge in [-0.05, 0) is 67.0 Å². The van der Waals surface area contributed by atoms with Crippen LogP contribution in [-0.4, -0.2) is 10.8 Å². The lowest BCUT2D eigenvalue weighted by molar-refractivity contribution is 0.102. The lowest BCUT2D eigenvalue weighted by Crippen LogP contribution is -2.15. The number of hydrogen-bond acceptors (Lipinski definition) is 3. The molecule has 0 N–H and O–H groups in total. The van der Waals surface area contributed by atoms with E-state index in [2.05, 4.69) is 23.2 Å². The number of rotatable bonds is 4. The lowest BCUT2D eigenvalue weighted by atomic mass is 9.85. The summed E-state index contributed by atoms with van der Waals surface area (Å²) in [4.78, 5) is 17.7. The second kappa shape index (κ2) is 7.82. The molecule has 0 unspecified atom stereocenters. The van der Waals surface area contributed by atoms with E-state index in [0.29, 0.717) is 12.5 Å². The maximum atomic E-state index is 13.0. The van der Waals surface area contributed by atoms with Gasteiger partial charge >= 0.3 is 0 Å². The van der Waals surface area contributed by atoms with Crippen LogP contribution in [0.5, 0.6) is 5.75 Å². The van der Waals surface area contributed by atoms with E-state index in [0.717, 1.165) is 51.9 Å². The predicted octanol–water partition coefficient (Wildman–Crippen LogP) is 6.06. The second-order valence-electron chi connectivity index (χ2n) is 8.17. The molecule has 0 spiro atoms. The summed E-state index contributed by atoms with van der Waals surface area (Å²) in [6.45, 7) is 0.391. The number of allylic oxidation sites excluding steroid dienone is 2. The van der Waals surface area contributed by atoms with Crippen LogP contribution < -0.4 is 4.74 Å². The Kier molecular flexibility index (Phi) is 4.89. The second-order valence-corrected chi connectivity index (χ2v) is 8.17. The average Bonchev–Trinajstić information content (AvgIpc) is 3.27. The van der Waals surface area contributed by atoms with Crippen molar-refractivity contribution in [3.05, 3.63) is 83.1 Å². The first-order chi connectivity index (χ1) is 14.3. The number of fused-ring (bicyclic) bond motifs is 2. The Labute approximate surface area is 171 Å². The Balaban J connectivity index is 1.33. The summed E-state index contributed by atoms with van der Waals surface area (Å²) in [5.41, 5.74) is 4.79. The molecular formula is C26H25NO2. The number of pyridine rings is 1. The van der Waals surface area contributed by atoms with Crippen LogP contribution in [0, 0.1) is 5.92 Å². The van der Waals surface area contributed by atoms with Crippen molar-refractivity contribution in [3.8, 4) is 5.75 Å². The first-order valence-electron chi connectivity index (χ1n) is 10.6. The quantitative estimate of drug-likeness (QED) is 0.514. The summed E-state index contributed by atoms with van der Waals surface area (Å²) in [6.07, 6.45) is 9.09. The number of hydrogen-bond donors (Lipinski definition) is 0. The molecule has 0 saturated heterocycles. The van der Waals surface area contributed by atoms with Gasteiger partial charge < -0.3 is 4.74 Å². The molecule has 3 heteroatoms. The molecule has 146 valence electrons. The highest BCUT2D eigenvalue weighted by Crippen LogP contribution is 2.33. The van der Waals surface area contributed by atoms with Gasteiger partial charge in [0.05, 0.1) is 11.2 Å². The molecule has 1 saturated carbocycles. The van der Waals surface area contributed by atoms with Gasteiger partial charge in [0.15, 0.2) is 5.78 Å². The van der Waals surface area contributed by atoms with Crippen molar-refractivity contribution in [2.45, 2.75) is 45.1 Å². The topological polar surface area (TPSA) is 39.2 Å². The van der Waals surface area contributed by atoms with Gasteiger partial charge in [-0.2, -0.15) is 0 Å². The van der Waals surface area contributed by atoms with Crippen molar-refractivity contribution in [1.29, 1.82) is 0 Å². The molecule has 0 atom stereocenters. The Hall–Kier alpha value is -2.94. The van der Waals surface area contributed by atoms with Crippen molar-refractivity contribution in [2.24, 2.45) is 5.92 Å². The highest BCUT2D eigenvalue weighted by atomic mass is 16.5. The molecule has 0 bridgehead atoms. The van der Waals surface area contributed by atoms with Gasteiger partial charge in [-0.1, -0.05) is 49.2 Å². The number of aryl methyl sites for hydroxylation is 1. The van der Waals surface area contributed by atoms with Gasteiger partial charge in [-0.3, -0.25) is 4.79 Å². The van der Waals surface area contributed by atoms with Crippen LogP contribution in [0.2, 0.25) is 0 Å². The van der Waals surface area contributed by atoms with E-state index >= 15 is 0 Å². The largest absolute Gasteiger partial charge is 0.487 e. The molecule has 1 aromatic heterocycles. The maximum absolute atomic E-state index is 13.0. The summed E-state index contributed by atoms with van der Waals surface area (Å²) >= 11 is 0. The fourth-order valence-electron chi connectivity index (χ4n) is 4.54. The van der Waals surface area contributed by atoms with E-state index in [1.807, 2.05) is 42.5 Å². The highest BCUT2D eigenvalue weighted by Gasteiger charge is 2.24. The third-order valence-electron chi connectivity index (χ3n) is 6.16. The average molecular weight is 383 g/mol. The van der Waals surface area contributed by atoms with Gasteiger partial charge in [-0.25, -0.2) is 4.98 Å². The standard InChI is InChI=1S/C26H25NO2/c28-26-21(15-18-5-1-2-6-18)10-9-19-12-14-23(16-24(19)26)29-17-22-13-11-20-7-3-4-8-25(20)27-22/h3-4,7-8,11-16,18H,1-2,5-6,9-10,17H2. The zero-order valence-corrected chi connectivity index (χ0v) is 16.6. The van der Waals surface area contributed by atoms with Crippen molar-refractivity contribution >= 4 is 16.7 Å². The van der Waals surface area contributed by atoms with Gasteiger partial charge in [0.25, 0.3) is 0 Å². The molecule has 2 aromatic carbocycles. The number of ether oxygens (including phenoxy) is 1. The molecular weight excluding hydrogens is 358 g/mol. The minimum atomic E-state index is 0.187. The minimum Gasteiger partial charge on any atom is -0.487 e. The summed E-state index contributed by atoms with van der Waals surface area (Å²) in [5, 5.41) is 1.12. The van der Waals surface area contributed by atoms with Crippen molar-refractivity contribution in [2.75, 3.05) is 0 Å². The minimum absolute atomic E-state index is 0.187. The molecule has 1 fully saturated rings. The number of nitrogens with zero attached hydrogens (tertiary/aromatic N) is 1. The van der Waals surface area contributed by atoms with Gasteiger partial charge in [0, 0.05) is 10.9 Å². The third kappa shape index (κ3) is 3.82. The molecule has 1 heterocycles. The summed E-state index contributed by atoms with van der Waals surface area (Å²) < 4.78 is 5.99. The van der Waals surface area contributed by atoms with Crippen molar-refractivity contribution in [1.82, 2.24) is 4.98 Å². The number of para-hydroxylation sites is 1. The van der Waals surface area contributed by atoms with Crippen LogP contribution in [0.4, 0.5) is 0 Å². The molecule has 2 aliphatic rings. The number of benzene rings is 2.